The summed E-state index contributed by atoms with van der Waals surface area (Å²) in [5, 5.41) is 10.2. The van der Waals surface area contributed by atoms with E-state index in [9.17, 15) is 23.1 Å². The number of benzene rings is 2. The van der Waals surface area contributed by atoms with Crippen LogP contribution in [0.15, 0.2) is 74.8 Å². The fourth-order valence-corrected chi connectivity index (χ4v) is 3.63. The molecule has 1 N–H and O–H groups in total. The third-order valence-electron chi connectivity index (χ3n) is 3.98. The molecule has 0 aliphatic carbocycles. The quantitative estimate of drug-likeness (QED) is 0.553. The van der Waals surface area contributed by atoms with E-state index in [0.29, 0.717) is 17.7 Å². The summed E-state index contributed by atoms with van der Waals surface area (Å²) in [6.07, 6.45) is -4.70. The average molecular weight is 406 g/mol. The highest BCUT2D eigenvalue weighted by Crippen LogP contribution is 2.31. The van der Waals surface area contributed by atoms with Crippen LogP contribution in [0.3, 0.4) is 0 Å². The van der Waals surface area contributed by atoms with Gasteiger partial charge >= 0.3 is 11.8 Å². The Morgan fingerprint density at radius 1 is 0.964 bits per heavy atom. The molecule has 3 nitrogen and oxygen atoms in total. The van der Waals surface area contributed by atoms with Crippen molar-refractivity contribution >= 4 is 11.8 Å². The molecule has 0 fully saturated rings. The van der Waals surface area contributed by atoms with E-state index in [1.807, 2.05) is 30.3 Å². The van der Waals surface area contributed by atoms with Gasteiger partial charge in [0.1, 0.15) is 16.4 Å². The topological polar surface area (TPSA) is 50.4 Å². The van der Waals surface area contributed by atoms with Crippen molar-refractivity contribution in [3.05, 3.63) is 82.2 Å². The summed E-state index contributed by atoms with van der Waals surface area (Å²) >= 11 is 1.18. The zero-order chi connectivity index (χ0) is 20.1. The molecule has 7 heteroatoms. The second kappa shape index (κ2) is 8.56. The van der Waals surface area contributed by atoms with Crippen LogP contribution >= 0.6 is 11.8 Å². The van der Waals surface area contributed by atoms with E-state index in [1.165, 1.54) is 42.1 Å². The van der Waals surface area contributed by atoms with Gasteiger partial charge in [-0.2, -0.15) is 13.2 Å². The normalized spacial score (nSPS) is 11.5. The molecule has 0 atom stereocenters. The fraction of sp³-hybridized carbons (Fsp3) is 0.190. The highest BCUT2D eigenvalue weighted by Gasteiger charge is 2.27. The number of alkyl halides is 3. The molecule has 146 valence electrons. The molecule has 3 aromatic rings. The molecule has 1 aromatic heterocycles. The molecule has 0 bridgehead atoms. The number of rotatable bonds is 6. The smallest absolute Gasteiger partial charge is 0.393 e. The van der Waals surface area contributed by atoms with Gasteiger partial charge in [0.05, 0.1) is 6.42 Å². The standard InChI is InChI=1S/C21H17F3O3S/c22-21(23,24)13-15-7-4-8-16(11-15)18-12-17(25)19(20(26)27-18)28-10-9-14-5-2-1-3-6-14/h1-8,11-12,25H,9-10,13H2. The predicted molar refractivity (Wildman–Crippen MR) is 103 cm³/mol. The van der Waals surface area contributed by atoms with Gasteiger partial charge in [-0.25, -0.2) is 4.79 Å². The largest absolute Gasteiger partial charge is 0.506 e. The lowest BCUT2D eigenvalue weighted by Gasteiger charge is -2.09. The molecule has 0 saturated heterocycles. The molecule has 0 amide bonds. The van der Waals surface area contributed by atoms with Crippen molar-refractivity contribution in [3.63, 3.8) is 0 Å². The van der Waals surface area contributed by atoms with Crippen molar-refractivity contribution in [3.8, 4) is 17.1 Å². The highest BCUT2D eigenvalue weighted by molar-refractivity contribution is 7.99. The number of aromatic hydroxyl groups is 1. The van der Waals surface area contributed by atoms with Crippen molar-refractivity contribution in [2.24, 2.45) is 0 Å². The molecule has 0 saturated carbocycles. The van der Waals surface area contributed by atoms with E-state index in [1.54, 1.807) is 0 Å². The lowest BCUT2D eigenvalue weighted by molar-refractivity contribution is -0.127. The minimum Gasteiger partial charge on any atom is -0.506 e. The zero-order valence-electron chi connectivity index (χ0n) is 14.7. The lowest BCUT2D eigenvalue weighted by Crippen LogP contribution is -2.11. The Morgan fingerprint density at radius 3 is 2.36 bits per heavy atom. The monoisotopic (exact) mass is 406 g/mol. The Bertz CT molecular complexity index is 998. The Hall–Kier alpha value is -2.67. The molecule has 0 spiro atoms. The van der Waals surface area contributed by atoms with Gasteiger partial charge in [-0.1, -0.05) is 48.5 Å². The fourth-order valence-electron chi connectivity index (χ4n) is 2.73. The maximum Gasteiger partial charge on any atom is 0.393 e. The van der Waals surface area contributed by atoms with Gasteiger partial charge in [-0.15, -0.1) is 11.8 Å². The van der Waals surface area contributed by atoms with Gasteiger partial charge < -0.3 is 9.52 Å². The molecule has 0 aliphatic rings. The minimum atomic E-state index is -4.33. The molecule has 2 aromatic carbocycles. The summed E-state index contributed by atoms with van der Waals surface area (Å²) in [4.78, 5) is 12.4. The third-order valence-corrected chi connectivity index (χ3v) is 5.06. The molecule has 0 radical (unpaired) electrons. The first kappa shape index (κ1) is 20.1. The summed E-state index contributed by atoms with van der Waals surface area (Å²) in [5.74, 6) is 0.354. The molecular formula is C21H17F3O3S. The van der Waals surface area contributed by atoms with Crippen LogP contribution < -0.4 is 5.63 Å². The van der Waals surface area contributed by atoms with Crippen LogP contribution in [-0.2, 0) is 12.8 Å². The molecule has 1 heterocycles. The first-order chi connectivity index (χ1) is 13.3. The number of hydrogen-bond donors (Lipinski definition) is 1. The molecule has 0 aliphatic heterocycles. The second-order valence-electron chi connectivity index (χ2n) is 6.19. The van der Waals surface area contributed by atoms with Crippen molar-refractivity contribution in [2.45, 2.75) is 23.9 Å². The number of aryl methyl sites for hydroxylation is 1. The van der Waals surface area contributed by atoms with E-state index >= 15 is 0 Å². The van der Waals surface area contributed by atoms with Gasteiger partial charge in [-0.05, 0) is 23.6 Å². The molecular weight excluding hydrogens is 389 g/mol. The van der Waals surface area contributed by atoms with Crippen LogP contribution in [0.25, 0.3) is 11.3 Å². The van der Waals surface area contributed by atoms with E-state index in [2.05, 4.69) is 0 Å². The SMILES string of the molecule is O=c1oc(-c2cccc(CC(F)(F)F)c2)cc(O)c1SCCc1ccccc1. The van der Waals surface area contributed by atoms with Crippen LogP contribution in [0, 0.1) is 0 Å². The Morgan fingerprint density at radius 2 is 1.68 bits per heavy atom. The van der Waals surface area contributed by atoms with E-state index in [-0.39, 0.29) is 22.0 Å². The van der Waals surface area contributed by atoms with Gasteiger partial charge in [0.25, 0.3) is 0 Å². The van der Waals surface area contributed by atoms with Gasteiger partial charge in [-0.3, -0.25) is 0 Å². The van der Waals surface area contributed by atoms with Crippen LogP contribution in [0.1, 0.15) is 11.1 Å². The van der Waals surface area contributed by atoms with E-state index < -0.39 is 18.2 Å². The van der Waals surface area contributed by atoms with Crippen LogP contribution in [0.4, 0.5) is 13.2 Å². The summed E-state index contributed by atoms with van der Waals surface area (Å²) in [7, 11) is 0. The van der Waals surface area contributed by atoms with E-state index in [0.717, 1.165) is 5.56 Å². The van der Waals surface area contributed by atoms with Crippen molar-refractivity contribution < 1.29 is 22.7 Å². The molecule has 28 heavy (non-hydrogen) atoms. The van der Waals surface area contributed by atoms with Crippen LogP contribution in [0.5, 0.6) is 5.75 Å². The number of thioether (sulfide) groups is 1. The third kappa shape index (κ3) is 5.42. The Kier molecular flexibility index (Phi) is 6.14. The Balaban J connectivity index is 1.76. The van der Waals surface area contributed by atoms with Crippen molar-refractivity contribution in [1.29, 1.82) is 0 Å². The predicted octanol–water partition coefficient (Wildman–Crippen LogP) is 5.45. The summed E-state index contributed by atoms with van der Waals surface area (Å²) < 4.78 is 43.0. The Labute approximate surface area is 163 Å². The highest BCUT2D eigenvalue weighted by atomic mass is 32.2. The first-order valence-corrected chi connectivity index (χ1v) is 9.50. The van der Waals surface area contributed by atoms with Gasteiger partial charge in [0.15, 0.2) is 0 Å². The van der Waals surface area contributed by atoms with Crippen LogP contribution in [0.2, 0.25) is 0 Å². The summed E-state index contributed by atoms with van der Waals surface area (Å²) in [5.41, 5.74) is 0.745. The maximum atomic E-state index is 12.6. The molecule has 0 unspecified atom stereocenters. The number of halogens is 3. The average Bonchev–Trinajstić information content (AvgIpc) is 2.63. The zero-order valence-corrected chi connectivity index (χ0v) is 15.5. The van der Waals surface area contributed by atoms with E-state index in [4.69, 9.17) is 4.42 Å². The van der Waals surface area contributed by atoms with Crippen molar-refractivity contribution in [2.75, 3.05) is 5.75 Å². The van der Waals surface area contributed by atoms with Crippen molar-refractivity contribution in [1.82, 2.24) is 0 Å². The van der Waals surface area contributed by atoms with Gasteiger partial charge in [0.2, 0.25) is 0 Å². The second-order valence-corrected chi connectivity index (χ2v) is 7.29. The summed E-state index contributed by atoms with van der Waals surface area (Å²) in [6.45, 7) is 0. The maximum absolute atomic E-state index is 12.6. The summed E-state index contributed by atoms with van der Waals surface area (Å²) in [6, 6.07) is 16.6. The number of hydrogen-bond acceptors (Lipinski definition) is 4. The molecule has 3 rings (SSSR count). The first-order valence-electron chi connectivity index (χ1n) is 8.52. The lowest BCUT2D eigenvalue weighted by atomic mass is 10.1. The van der Waals surface area contributed by atoms with Gasteiger partial charge in [0, 0.05) is 17.4 Å². The van der Waals surface area contributed by atoms with Crippen LogP contribution in [-0.4, -0.2) is 17.0 Å². The minimum absolute atomic E-state index is 0.0268.